The minimum Gasteiger partial charge on any atom is -0.367 e. The van der Waals surface area contributed by atoms with Crippen LogP contribution in [0.1, 0.15) is 45.0 Å². The zero-order valence-corrected chi connectivity index (χ0v) is 11.4. The Kier molecular flexibility index (Phi) is 3.69. The van der Waals surface area contributed by atoms with Gasteiger partial charge in [0.2, 0.25) is 0 Å². The Morgan fingerprint density at radius 1 is 1.44 bits per heavy atom. The molecule has 2 unspecified atom stereocenters. The molecule has 1 saturated heterocycles. The third kappa shape index (κ3) is 2.55. The van der Waals surface area contributed by atoms with Crippen molar-refractivity contribution in [2.45, 2.75) is 57.0 Å². The number of ether oxygens (including phenoxy) is 1. The van der Waals surface area contributed by atoms with Crippen LogP contribution in [-0.2, 0) is 21.3 Å². The van der Waals surface area contributed by atoms with Crippen molar-refractivity contribution < 1.29 is 13.2 Å². The quantitative estimate of drug-likeness (QED) is 0.865. The topological polar surface area (TPSA) is 100 Å². The van der Waals surface area contributed by atoms with E-state index in [0.717, 1.165) is 19.3 Å². The molecule has 0 radical (unpaired) electrons. The van der Waals surface area contributed by atoms with Gasteiger partial charge in [-0.2, -0.15) is 0 Å². The second kappa shape index (κ2) is 4.94. The van der Waals surface area contributed by atoms with Crippen molar-refractivity contribution in [2.24, 2.45) is 5.14 Å². The third-order valence-electron chi connectivity index (χ3n) is 2.97. The average molecular weight is 274 g/mol. The zero-order valence-electron chi connectivity index (χ0n) is 10.5. The number of nitrogens with zero attached hydrogens (tertiary/aromatic N) is 3. The fourth-order valence-corrected chi connectivity index (χ4v) is 2.82. The van der Waals surface area contributed by atoms with Crippen molar-refractivity contribution in [1.29, 1.82) is 0 Å². The summed E-state index contributed by atoms with van der Waals surface area (Å²) in [7, 11) is -3.84. The molecule has 1 aliphatic heterocycles. The second-order valence-electron chi connectivity index (χ2n) is 4.55. The standard InChI is InChI=1S/C10H18N4O3S/c1-3-6-14-9(8-5-4-7(2)17-8)12-13-10(14)18(11,15)16/h7-8H,3-6H2,1-2H3,(H2,11,15,16). The number of hydrogen-bond donors (Lipinski definition) is 1. The number of sulfonamides is 1. The highest BCUT2D eigenvalue weighted by Crippen LogP contribution is 2.32. The smallest absolute Gasteiger partial charge is 0.273 e. The molecule has 2 N–H and O–H groups in total. The summed E-state index contributed by atoms with van der Waals surface area (Å²) < 4.78 is 30.1. The van der Waals surface area contributed by atoms with E-state index in [1.807, 2.05) is 13.8 Å². The molecule has 0 spiro atoms. The van der Waals surface area contributed by atoms with E-state index >= 15 is 0 Å². The van der Waals surface area contributed by atoms with Gasteiger partial charge in [-0.25, -0.2) is 13.6 Å². The summed E-state index contributed by atoms with van der Waals surface area (Å²) in [6.45, 7) is 4.46. The van der Waals surface area contributed by atoms with Gasteiger partial charge >= 0.3 is 0 Å². The number of primary sulfonamides is 1. The van der Waals surface area contributed by atoms with E-state index in [2.05, 4.69) is 10.2 Å². The molecule has 0 aromatic carbocycles. The van der Waals surface area contributed by atoms with Crippen LogP contribution < -0.4 is 5.14 Å². The van der Waals surface area contributed by atoms with Crippen molar-refractivity contribution in [3.63, 3.8) is 0 Å². The highest BCUT2D eigenvalue weighted by Gasteiger charge is 2.30. The van der Waals surface area contributed by atoms with E-state index in [-0.39, 0.29) is 17.4 Å². The molecule has 8 heteroatoms. The molecule has 1 fully saturated rings. The molecule has 7 nitrogen and oxygen atoms in total. The Morgan fingerprint density at radius 3 is 2.67 bits per heavy atom. The van der Waals surface area contributed by atoms with Gasteiger partial charge < -0.3 is 4.74 Å². The summed E-state index contributed by atoms with van der Waals surface area (Å²) >= 11 is 0. The first-order chi connectivity index (χ1) is 8.43. The van der Waals surface area contributed by atoms with Gasteiger partial charge in [0.25, 0.3) is 15.2 Å². The monoisotopic (exact) mass is 274 g/mol. The molecule has 1 aromatic heterocycles. The van der Waals surface area contributed by atoms with Crippen molar-refractivity contribution in [3.05, 3.63) is 5.82 Å². The van der Waals surface area contributed by atoms with Gasteiger partial charge in [-0.1, -0.05) is 6.92 Å². The van der Waals surface area contributed by atoms with E-state index in [1.165, 1.54) is 0 Å². The first-order valence-electron chi connectivity index (χ1n) is 6.04. The van der Waals surface area contributed by atoms with Gasteiger partial charge in [0.15, 0.2) is 5.82 Å². The first kappa shape index (κ1) is 13.4. The van der Waals surface area contributed by atoms with Crippen LogP contribution in [0, 0.1) is 0 Å². The fourth-order valence-electron chi connectivity index (χ4n) is 2.18. The first-order valence-corrected chi connectivity index (χ1v) is 7.59. The minimum atomic E-state index is -3.84. The van der Waals surface area contributed by atoms with Crippen LogP contribution in [0.4, 0.5) is 0 Å². The van der Waals surface area contributed by atoms with E-state index in [4.69, 9.17) is 9.88 Å². The van der Waals surface area contributed by atoms with E-state index in [1.54, 1.807) is 4.57 Å². The molecule has 0 saturated carbocycles. The van der Waals surface area contributed by atoms with Gasteiger partial charge in [-0.3, -0.25) is 4.57 Å². The van der Waals surface area contributed by atoms with E-state index < -0.39 is 10.0 Å². The molecular formula is C10H18N4O3S. The maximum absolute atomic E-state index is 11.4. The Morgan fingerprint density at radius 2 is 2.17 bits per heavy atom. The van der Waals surface area contributed by atoms with Crippen LogP contribution in [0.25, 0.3) is 0 Å². The van der Waals surface area contributed by atoms with Gasteiger partial charge in [-0.15, -0.1) is 10.2 Å². The lowest BCUT2D eigenvalue weighted by atomic mass is 10.2. The average Bonchev–Trinajstić information content (AvgIpc) is 2.83. The highest BCUT2D eigenvalue weighted by atomic mass is 32.2. The van der Waals surface area contributed by atoms with Gasteiger partial charge in [0.05, 0.1) is 6.10 Å². The number of rotatable bonds is 4. The summed E-state index contributed by atoms with van der Waals surface area (Å²) in [5.41, 5.74) is 0. The highest BCUT2D eigenvalue weighted by molar-refractivity contribution is 7.89. The van der Waals surface area contributed by atoms with Gasteiger partial charge in [0.1, 0.15) is 6.10 Å². The summed E-state index contributed by atoms with van der Waals surface area (Å²) in [5, 5.41) is 12.6. The Labute approximate surface area is 106 Å². The molecule has 2 rings (SSSR count). The normalized spacial score (nSPS) is 24.6. The Hall–Kier alpha value is -0.990. The van der Waals surface area contributed by atoms with Crippen LogP contribution in [-0.4, -0.2) is 29.3 Å². The predicted molar refractivity (Wildman–Crippen MR) is 64.2 cm³/mol. The SMILES string of the molecule is CCCn1c(C2CCC(C)O2)nnc1S(N)(=O)=O. The molecular weight excluding hydrogens is 256 g/mol. The fraction of sp³-hybridized carbons (Fsp3) is 0.800. The van der Waals surface area contributed by atoms with Crippen LogP contribution >= 0.6 is 0 Å². The summed E-state index contributed by atoms with van der Waals surface area (Å²) in [6.07, 6.45) is 2.52. The Bertz CT molecular complexity index is 525. The molecule has 18 heavy (non-hydrogen) atoms. The lowest BCUT2D eigenvalue weighted by molar-refractivity contribution is 0.0475. The molecule has 0 amide bonds. The van der Waals surface area contributed by atoms with Crippen LogP contribution in [0.3, 0.4) is 0 Å². The largest absolute Gasteiger partial charge is 0.367 e. The number of nitrogens with two attached hydrogens (primary N) is 1. The molecule has 0 aliphatic carbocycles. The van der Waals surface area contributed by atoms with Gasteiger partial charge in [-0.05, 0) is 26.2 Å². The van der Waals surface area contributed by atoms with Crippen LogP contribution in [0.5, 0.6) is 0 Å². The molecule has 0 bridgehead atoms. The van der Waals surface area contributed by atoms with E-state index in [9.17, 15) is 8.42 Å². The molecule has 2 heterocycles. The van der Waals surface area contributed by atoms with Crippen molar-refractivity contribution in [1.82, 2.24) is 14.8 Å². The molecule has 1 aromatic rings. The van der Waals surface area contributed by atoms with Crippen molar-refractivity contribution >= 4 is 10.0 Å². The maximum Gasteiger partial charge on any atom is 0.273 e. The van der Waals surface area contributed by atoms with E-state index in [0.29, 0.717) is 12.4 Å². The predicted octanol–water partition coefficient (Wildman–Crippen LogP) is 0.576. The van der Waals surface area contributed by atoms with Crippen molar-refractivity contribution in [2.75, 3.05) is 0 Å². The number of aromatic nitrogens is 3. The van der Waals surface area contributed by atoms with Crippen LogP contribution in [0.2, 0.25) is 0 Å². The Balaban J connectivity index is 2.39. The third-order valence-corrected chi connectivity index (χ3v) is 3.78. The molecule has 2 atom stereocenters. The second-order valence-corrected chi connectivity index (χ2v) is 6.01. The summed E-state index contributed by atoms with van der Waals surface area (Å²) in [4.78, 5) is 0. The maximum atomic E-state index is 11.4. The lowest BCUT2D eigenvalue weighted by Crippen LogP contribution is -2.20. The van der Waals surface area contributed by atoms with Crippen LogP contribution in [0.15, 0.2) is 5.16 Å². The lowest BCUT2D eigenvalue weighted by Gasteiger charge is -2.13. The zero-order chi connectivity index (χ0) is 13.3. The molecule has 1 aliphatic rings. The number of hydrogen-bond acceptors (Lipinski definition) is 5. The molecule has 102 valence electrons. The minimum absolute atomic E-state index is 0.166. The van der Waals surface area contributed by atoms with Gasteiger partial charge in [0, 0.05) is 6.54 Å². The summed E-state index contributed by atoms with van der Waals surface area (Å²) in [6, 6.07) is 0. The summed E-state index contributed by atoms with van der Waals surface area (Å²) in [5.74, 6) is 0.560. The van der Waals surface area contributed by atoms with Crippen molar-refractivity contribution in [3.8, 4) is 0 Å².